The number of quaternary nitrogens is 1. The quantitative estimate of drug-likeness (QED) is 0.0195. The Bertz CT molecular complexity index is 1450. The van der Waals surface area contributed by atoms with Gasteiger partial charge in [-0.3, -0.25) is 9.59 Å². The highest BCUT2D eigenvalue weighted by atomic mass is 16.7. The van der Waals surface area contributed by atoms with Gasteiger partial charge in [0.25, 0.3) is 0 Å². The largest absolute Gasteiger partial charge is 0.545 e. The molecule has 0 aromatic carbocycles. The molecule has 0 aromatic heterocycles. The van der Waals surface area contributed by atoms with Crippen LogP contribution in [0.2, 0.25) is 0 Å². The fourth-order valence-corrected chi connectivity index (χ4v) is 10.1. The van der Waals surface area contributed by atoms with E-state index >= 15 is 0 Å². The van der Waals surface area contributed by atoms with E-state index in [2.05, 4.69) is 62.5 Å². The first-order valence-electron chi connectivity index (χ1n) is 34.3. The maximum Gasteiger partial charge on any atom is 0.306 e. The van der Waals surface area contributed by atoms with Gasteiger partial charge in [-0.25, -0.2) is 0 Å². The first-order chi connectivity index (χ1) is 39.1. The number of hydrogen-bond donors (Lipinski definition) is 0. The summed E-state index contributed by atoms with van der Waals surface area (Å²) in [6.07, 6.45) is 76.2. The molecule has 9 heteroatoms. The van der Waals surface area contributed by atoms with Gasteiger partial charge in [-0.15, -0.1) is 0 Å². The molecule has 0 bridgehead atoms. The van der Waals surface area contributed by atoms with Gasteiger partial charge in [0.1, 0.15) is 13.2 Å². The monoisotopic (exact) mass is 1130 g/mol. The molecule has 0 heterocycles. The van der Waals surface area contributed by atoms with Crippen LogP contribution in [0, 0.1) is 0 Å². The van der Waals surface area contributed by atoms with Crippen LogP contribution in [0.3, 0.4) is 0 Å². The van der Waals surface area contributed by atoms with Crippen molar-refractivity contribution < 1.29 is 42.9 Å². The van der Waals surface area contributed by atoms with Crippen molar-refractivity contribution >= 4 is 17.9 Å². The lowest BCUT2D eigenvalue weighted by Gasteiger charge is -2.26. The average Bonchev–Trinajstić information content (AvgIpc) is 3.43. The summed E-state index contributed by atoms with van der Waals surface area (Å²) in [5.41, 5.74) is 0. The number of carbonyl (C=O) groups is 3. The fraction of sp³-hybridized carbons (Fsp3) is 0.845. The molecule has 0 rings (SSSR count). The number of esters is 2. The molecular formula is C71H131NO8. The summed E-state index contributed by atoms with van der Waals surface area (Å²) in [6.45, 7) is 4.70. The molecule has 9 nitrogen and oxygen atoms in total. The number of carboxylic acids is 1. The van der Waals surface area contributed by atoms with Crippen LogP contribution in [0.5, 0.6) is 0 Å². The zero-order valence-electron chi connectivity index (χ0n) is 53.5. The normalized spacial score (nSPS) is 13.0. The first-order valence-corrected chi connectivity index (χ1v) is 34.3. The molecule has 0 aliphatic heterocycles. The van der Waals surface area contributed by atoms with Gasteiger partial charge in [-0.1, -0.05) is 313 Å². The van der Waals surface area contributed by atoms with E-state index < -0.39 is 24.3 Å². The summed E-state index contributed by atoms with van der Waals surface area (Å²) in [5.74, 6) is -2.26. The van der Waals surface area contributed by atoms with Gasteiger partial charge < -0.3 is 33.3 Å². The smallest absolute Gasteiger partial charge is 0.306 e. The Hall–Kier alpha value is -2.75. The van der Waals surface area contributed by atoms with Gasteiger partial charge in [0.2, 0.25) is 0 Å². The zero-order valence-corrected chi connectivity index (χ0v) is 53.5. The summed E-state index contributed by atoms with van der Waals surface area (Å²) in [7, 11) is 5.94. The van der Waals surface area contributed by atoms with Crippen molar-refractivity contribution in [3.05, 3.63) is 48.6 Å². The van der Waals surface area contributed by atoms with Gasteiger partial charge in [0, 0.05) is 12.8 Å². The molecular weight excluding hydrogens is 995 g/mol. The molecule has 0 amide bonds. The highest BCUT2D eigenvalue weighted by molar-refractivity contribution is 5.70. The second-order valence-corrected chi connectivity index (χ2v) is 24.4. The van der Waals surface area contributed by atoms with Gasteiger partial charge in [-0.05, 0) is 51.4 Å². The third-order valence-corrected chi connectivity index (χ3v) is 15.3. The van der Waals surface area contributed by atoms with Crippen molar-refractivity contribution in [2.45, 2.75) is 341 Å². The highest BCUT2D eigenvalue weighted by Gasteiger charge is 2.22. The second-order valence-electron chi connectivity index (χ2n) is 24.4. The molecule has 0 saturated carbocycles. The van der Waals surface area contributed by atoms with Crippen molar-refractivity contribution in [1.82, 2.24) is 0 Å². The molecule has 0 saturated heterocycles. The Morgan fingerprint density at radius 2 is 0.713 bits per heavy atom. The number of carbonyl (C=O) groups excluding carboxylic acids is 3. The average molecular weight is 1130 g/mol. The van der Waals surface area contributed by atoms with E-state index in [0.717, 1.165) is 57.8 Å². The topological polar surface area (TPSA) is 111 Å². The van der Waals surface area contributed by atoms with E-state index in [-0.39, 0.29) is 32.2 Å². The van der Waals surface area contributed by atoms with Crippen LogP contribution in [0.25, 0.3) is 0 Å². The Morgan fingerprint density at radius 3 is 1.06 bits per heavy atom. The van der Waals surface area contributed by atoms with Crippen molar-refractivity contribution in [2.75, 3.05) is 47.5 Å². The van der Waals surface area contributed by atoms with Crippen molar-refractivity contribution in [2.24, 2.45) is 0 Å². The molecule has 0 fully saturated rings. The van der Waals surface area contributed by atoms with Crippen molar-refractivity contribution in [3.63, 3.8) is 0 Å². The molecule has 0 aliphatic rings. The van der Waals surface area contributed by atoms with Crippen LogP contribution in [-0.2, 0) is 33.3 Å². The third-order valence-electron chi connectivity index (χ3n) is 15.3. The van der Waals surface area contributed by atoms with Crippen LogP contribution in [0.1, 0.15) is 328 Å². The molecule has 80 heavy (non-hydrogen) atoms. The van der Waals surface area contributed by atoms with Crippen LogP contribution < -0.4 is 5.11 Å². The minimum atomic E-state index is -1.62. The maximum atomic E-state index is 12.9. The predicted molar refractivity (Wildman–Crippen MR) is 339 cm³/mol. The van der Waals surface area contributed by atoms with Crippen LogP contribution in [0.15, 0.2) is 48.6 Å². The Kier molecular flexibility index (Phi) is 60.2. The lowest BCUT2D eigenvalue weighted by Crippen LogP contribution is -2.44. The van der Waals surface area contributed by atoms with Crippen LogP contribution in [0.4, 0.5) is 0 Å². The van der Waals surface area contributed by atoms with E-state index in [1.807, 2.05) is 21.1 Å². The minimum Gasteiger partial charge on any atom is -0.545 e. The minimum absolute atomic E-state index is 0.150. The zero-order chi connectivity index (χ0) is 58.3. The second kappa shape index (κ2) is 62.3. The number of hydrogen-bond acceptors (Lipinski definition) is 8. The molecule has 0 aromatic rings. The lowest BCUT2D eigenvalue weighted by molar-refractivity contribution is -0.870. The number of nitrogens with zero attached hydrogens (tertiary/aromatic N) is 1. The van der Waals surface area contributed by atoms with Crippen molar-refractivity contribution in [3.8, 4) is 0 Å². The molecule has 0 spiro atoms. The first kappa shape index (κ1) is 77.2. The number of ether oxygens (including phenoxy) is 4. The Labute approximate surface area is 495 Å². The third kappa shape index (κ3) is 62.8. The number of allylic oxidation sites excluding steroid dienone is 8. The number of rotatable bonds is 64. The number of unbranched alkanes of at least 4 members (excludes halogenated alkanes) is 41. The van der Waals surface area contributed by atoms with E-state index in [9.17, 15) is 19.5 Å². The molecule has 0 radical (unpaired) electrons. The Morgan fingerprint density at radius 1 is 0.388 bits per heavy atom. The van der Waals surface area contributed by atoms with Crippen LogP contribution >= 0.6 is 0 Å². The number of carboxylic acid groups (broad SMARTS) is 1. The SMILES string of the molecule is CC/C=C\C/C=C\C/C=C\C/C=C\CCCCCCCCCCCCCCCCCCCCC(=O)OC(COC(=O)CCCCCCCCCCCCCCCCCCCCCCCCCC)COC(OCC[N+](C)(C)C)C(=O)[O-]. The molecule has 0 aliphatic carbocycles. The summed E-state index contributed by atoms with van der Waals surface area (Å²) in [6, 6.07) is 0. The van der Waals surface area contributed by atoms with E-state index in [4.69, 9.17) is 18.9 Å². The fourth-order valence-electron chi connectivity index (χ4n) is 10.1. The van der Waals surface area contributed by atoms with Gasteiger partial charge in [0.15, 0.2) is 12.4 Å². The summed E-state index contributed by atoms with van der Waals surface area (Å²) < 4.78 is 22.8. The summed E-state index contributed by atoms with van der Waals surface area (Å²) in [4.78, 5) is 37.5. The molecule has 2 unspecified atom stereocenters. The lowest BCUT2D eigenvalue weighted by atomic mass is 10.0. The van der Waals surface area contributed by atoms with Gasteiger partial charge >= 0.3 is 11.9 Å². The maximum absolute atomic E-state index is 12.9. The van der Waals surface area contributed by atoms with Gasteiger partial charge in [-0.2, -0.15) is 0 Å². The van der Waals surface area contributed by atoms with Gasteiger partial charge in [0.05, 0.1) is 40.3 Å². The predicted octanol–water partition coefficient (Wildman–Crippen LogP) is 19.6. The Balaban J connectivity index is 4.08. The van der Waals surface area contributed by atoms with E-state index in [1.54, 1.807) is 0 Å². The summed E-state index contributed by atoms with van der Waals surface area (Å²) >= 11 is 0. The number of likely N-dealkylation sites (N-methyl/N-ethyl adjacent to an activating group) is 1. The molecule has 2 atom stereocenters. The van der Waals surface area contributed by atoms with E-state index in [0.29, 0.717) is 23.9 Å². The van der Waals surface area contributed by atoms with E-state index in [1.165, 1.54) is 238 Å². The summed E-state index contributed by atoms with van der Waals surface area (Å²) in [5, 5.41) is 11.8. The molecule has 0 N–H and O–H groups in total. The highest BCUT2D eigenvalue weighted by Crippen LogP contribution is 2.19. The molecule has 468 valence electrons. The standard InChI is InChI=1S/C71H131NO8/c1-6-8-10-12-14-16-18-20-22-24-26-28-30-32-33-34-35-36-37-38-40-42-44-46-48-50-52-54-56-58-60-62-69(74)80-67(66-79-71(70(75)76)77-64-63-72(3,4)5)65-78-68(73)61-59-57-55-53-51-49-47-45-43-41-39-31-29-27-25-23-21-19-17-15-13-11-9-7-2/h8,10,14,16,20,22,26,28,67,71H,6-7,9,11-13,15,17-19,21,23-25,27,29-66H2,1-5H3/b10-8-,16-14-,22-20-,28-26-. The number of aliphatic carboxylic acids is 1. The van der Waals surface area contributed by atoms with Crippen molar-refractivity contribution in [1.29, 1.82) is 0 Å². The van der Waals surface area contributed by atoms with Crippen LogP contribution in [-0.4, -0.2) is 82.3 Å².